The first kappa shape index (κ1) is 26.6. The van der Waals surface area contributed by atoms with Gasteiger partial charge in [-0.2, -0.15) is 13.2 Å². The van der Waals surface area contributed by atoms with Crippen molar-refractivity contribution in [1.82, 2.24) is 9.55 Å². The molecule has 12 heteroatoms. The first-order valence-corrected chi connectivity index (χ1v) is 12.7. The highest BCUT2D eigenvalue weighted by molar-refractivity contribution is 5.98. The normalized spacial score (nSPS) is 19.3. The lowest BCUT2D eigenvalue weighted by atomic mass is 10.0. The minimum absolute atomic E-state index is 0.0695. The molecule has 0 N–H and O–H groups in total. The molecule has 0 saturated heterocycles. The first-order valence-electron chi connectivity index (χ1n) is 12.7. The third-order valence-electron chi connectivity index (χ3n) is 7.18. The lowest BCUT2D eigenvalue weighted by Crippen LogP contribution is -2.44. The topological polar surface area (TPSA) is 82.9 Å². The highest BCUT2D eigenvalue weighted by atomic mass is 19.4. The van der Waals surface area contributed by atoms with E-state index in [1.807, 2.05) is 0 Å². The maximum atomic E-state index is 14.1. The second-order valence-corrected chi connectivity index (χ2v) is 9.90. The van der Waals surface area contributed by atoms with Crippen LogP contribution in [0.25, 0.3) is 16.7 Å². The minimum atomic E-state index is -5.19. The van der Waals surface area contributed by atoms with Gasteiger partial charge in [0.25, 0.3) is 0 Å². The summed E-state index contributed by atoms with van der Waals surface area (Å²) in [5, 5.41) is 0. The second-order valence-electron chi connectivity index (χ2n) is 9.90. The van der Waals surface area contributed by atoms with Crippen molar-refractivity contribution in [2.24, 2.45) is 0 Å². The van der Waals surface area contributed by atoms with E-state index in [4.69, 9.17) is 14.2 Å². The number of benzene rings is 3. The van der Waals surface area contributed by atoms with E-state index in [1.165, 1.54) is 43.3 Å². The lowest BCUT2D eigenvalue weighted by molar-refractivity contribution is -0.171. The van der Waals surface area contributed by atoms with E-state index in [0.29, 0.717) is 38.6 Å². The number of fused-ring (bicyclic) bond motifs is 3. The van der Waals surface area contributed by atoms with Crippen LogP contribution in [0.3, 0.4) is 0 Å². The number of ether oxygens (including phenoxy) is 3. The summed E-state index contributed by atoms with van der Waals surface area (Å²) in [6.45, 7) is 4.37. The van der Waals surface area contributed by atoms with Crippen LogP contribution >= 0.6 is 0 Å². The molecule has 2 aliphatic heterocycles. The molecule has 0 fully saturated rings. The fourth-order valence-electron chi connectivity index (χ4n) is 5.51. The summed E-state index contributed by atoms with van der Waals surface area (Å²) < 4.78 is 74.7. The Morgan fingerprint density at radius 2 is 1.88 bits per heavy atom. The number of imidazole rings is 1. The van der Waals surface area contributed by atoms with Crippen LogP contribution in [0.1, 0.15) is 42.9 Å². The van der Waals surface area contributed by atoms with E-state index >= 15 is 0 Å². The van der Waals surface area contributed by atoms with Crippen molar-refractivity contribution in [3.63, 3.8) is 0 Å². The van der Waals surface area contributed by atoms with Crippen molar-refractivity contribution in [3.05, 3.63) is 77.4 Å². The second kappa shape index (κ2) is 9.50. The van der Waals surface area contributed by atoms with Gasteiger partial charge in [0.05, 0.1) is 22.8 Å². The van der Waals surface area contributed by atoms with Crippen LogP contribution < -0.4 is 14.4 Å². The standard InChI is InChI=1S/C29H23F4N3O5/c1-14-26(41-16(3)37)20-9-8-18(12-25(20)40-14)36(28(38)29(31,32)33)24-13-39-27-19(24)5-4-6-22(27)35-15(2)34-21-10-7-17(30)11-23(21)35/h4-12,14,24,26H,13H2,1-3H3/t14?,24?,26-/m1/s1. The molecule has 0 aliphatic carbocycles. The summed E-state index contributed by atoms with van der Waals surface area (Å²) >= 11 is 0. The average Bonchev–Trinajstić information content (AvgIpc) is 3.56. The Bertz CT molecular complexity index is 1720. The smallest absolute Gasteiger partial charge is 0.471 e. The fraction of sp³-hybridized carbons (Fsp3) is 0.276. The molecule has 41 heavy (non-hydrogen) atoms. The van der Waals surface area contributed by atoms with Crippen LogP contribution in [-0.4, -0.2) is 40.3 Å². The van der Waals surface area contributed by atoms with Gasteiger partial charge in [-0.15, -0.1) is 0 Å². The number of para-hydroxylation sites is 1. The summed E-state index contributed by atoms with van der Waals surface area (Å²) in [5.41, 5.74) is 2.19. The van der Waals surface area contributed by atoms with Gasteiger partial charge < -0.3 is 14.2 Å². The number of anilines is 1. The third-order valence-corrected chi connectivity index (χ3v) is 7.18. The van der Waals surface area contributed by atoms with Gasteiger partial charge in [-0.05, 0) is 44.2 Å². The van der Waals surface area contributed by atoms with Gasteiger partial charge in [-0.3, -0.25) is 19.1 Å². The zero-order chi connectivity index (χ0) is 29.2. The number of esters is 1. The van der Waals surface area contributed by atoms with Crippen molar-refractivity contribution >= 4 is 28.6 Å². The molecule has 2 unspecified atom stereocenters. The molecule has 0 spiro atoms. The van der Waals surface area contributed by atoms with Crippen LogP contribution in [0.2, 0.25) is 0 Å². The SMILES string of the molecule is CC(=O)O[C@H]1c2ccc(N(C(=O)C(F)(F)F)C3COc4c3cccc4-n3c(C)nc4ccc(F)cc43)cc2OC1C. The van der Waals surface area contributed by atoms with Crippen LogP contribution in [0, 0.1) is 12.7 Å². The number of alkyl halides is 3. The minimum Gasteiger partial charge on any atom is -0.488 e. The van der Waals surface area contributed by atoms with E-state index in [9.17, 15) is 27.2 Å². The van der Waals surface area contributed by atoms with E-state index in [2.05, 4.69) is 4.98 Å². The highest BCUT2D eigenvalue weighted by Crippen LogP contribution is 2.47. The van der Waals surface area contributed by atoms with Gasteiger partial charge in [0, 0.05) is 35.9 Å². The van der Waals surface area contributed by atoms with Crippen LogP contribution in [0.5, 0.6) is 11.5 Å². The van der Waals surface area contributed by atoms with Crippen molar-refractivity contribution in [2.45, 2.75) is 45.2 Å². The van der Waals surface area contributed by atoms with Crippen molar-refractivity contribution < 1.29 is 41.4 Å². The largest absolute Gasteiger partial charge is 0.488 e. The summed E-state index contributed by atoms with van der Waals surface area (Å²) in [5.74, 6) is -2.12. The van der Waals surface area contributed by atoms with Crippen LogP contribution in [0.15, 0.2) is 54.6 Å². The molecule has 2 aliphatic rings. The Labute approximate surface area is 231 Å². The summed E-state index contributed by atoms with van der Waals surface area (Å²) in [6.07, 6.45) is -6.51. The number of aryl methyl sites for hydroxylation is 1. The molecule has 4 aromatic rings. The number of halogens is 4. The molecule has 8 nitrogen and oxygen atoms in total. The molecule has 1 aromatic heterocycles. The van der Waals surface area contributed by atoms with Crippen molar-refractivity contribution in [1.29, 1.82) is 0 Å². The summed E-state index contributed by atoms with van der Waals surface area (Å²) in [4.78, 5) is 29.5. The van der Waals surface area contributed by atoms with Gasteiger partial charge >= 0.3 is 18.1 Å². The molecule has 3 atom stereocenters. The molecule has 0 bridgehead atoms. The van der Waals surface area contributed by atoms with E-state index in [-0.39, 0.29) is 23.8 Å². The zero-order valence-electron chi connectivity index (χ0n) is 22.0. The number of hydrogen-bond acceptors (Lipinski definition) is 6. The summed E-state index contributed by atoms with van der Waals surface area (Å²) in [7, 11) is 0. The molecular formula is C29H23F4N3O5. The predicted octanol–water partition coefficient (Wildman–Crippen LogP) is 5.89. The predicted molar refractivity (Wildman–Crippen MR) is 139 cm³/mol. The molecule has 0 radical (unpaired) electrons. The highest BCUT2D eigenvalue weighted by Gasteiger charge is 2.48. The Balaban J connectivity index is 1.45. The summed E-state index contributed by atoms with van der Waals surface area (Å²) in [6, 6.07) is 12.1. The van der Waals surface area contributed by atoms with Gasteiger partial charge in [0.2, 0.25) is 0 Å². The average molecular weight is 570 g/mol. The molecule has 212 valence electrons. The van der Waals surface area contributed by atoms with Crippen LogP contribution in [-0.2, 0) is 14.3 Å². The molecule has 6 rings (SSSR count). The molecule has 1 amide bonds. The third kappa shape index (κ3) is 4.43. The van der Waals surface area contributed by atoms with E-state index < -0.39 is 42.1 Å². The number of carbonyl (C=O) groups is 2. The molecule has 3 aromatic carbocycles. The zero-order valence-corrected chi connectivity index (χ0v) is 22.0. The molecule has 0 saturated carbocycles. The van der Waals surface area contributed by atoms with E-state index in [0.717, 1.165) is 0 Å². The quantitative estimate of drug-likeness (QED) is 0.225. The van der Waals surface area contributed by atoms with Crippen molar-refractivity contribution in [3.8, 4) is 17.2 Å². The molecular weight excluding hydrogens is 546 g/mol. The first-order chi connectivity index (χ1) is 19.4. The number of aromatic nitrogens is 2. The van der Waals surface area contributed by atoms with Gasteiger partial charge in [0.15, 0.2) is 6.10 Å². The fourth-order valence-corrected chi connectivity index (χ4v) is 5.51. The number of amides is 1. The monoisotopic (exact) mass is 569 g/mol. The van der Waals surface area contributed by atoms with Gasteiger partial charge in [-0.25, -0.2) is 9.37 Å². The Hall–Kier alpha value is -4.61. The Morgan fingerprint density at radius 1 is 1.10 bits per heavy atom. The van der Waals surface area contributed by atoms with Gasteiger partial charge in [0.1, 0.15) is 35.9 Å². The van der Waals surface area contributed by atoms with Gasteiger partial charge in [-0.1, -0.05) is 12.1 Å². The number of nitrogens with zero attached hydrogens (tertiary/aromatic N) is 3. The lowest BCUT2D eigenvalue weighted by Gasteiger charge is -2.29. The van der Waals surface area contributed by atoms with E-state index in [1.54, 1.807) is 36.6 Å². The number of carbonyl (C=O) groups excluding carboxylic acids is 2. The molecule has 3 heterocycles. The Kier molecular flexibility index (Phi) is 6.16. The number of rotatable bonds is 4. The Morgan fingerprint density at radius 3 is 2.61 bits per heavy atom. The maximum Gasteiger partial charge on any atom is 0.471 e. The maximum absolute atomic E-state index is 14.1. The number of hydrogen-bond donors (Lipinski definition) is 0. The van der Waals surface area contributed by atoms with Crippen molar-refractivity contribution in [2.75, 3.05) is 11.5 Å². The van der Waals surface area contributed by atoms with Crippen LogP contribution in [0.4, 0.5) is 23.2 Å².